The summed E-state index contributed by atoms with van der Waals surface area (Å²) in [6.07, 6.45) is -4.65. The Kier molecular flexibility index (Phi) is 13.9. The summed E-state index contributed by atoms with van der Waals surface area (Å²) in [5.41, 5.74) is 3.65. The number of nitrogens with one attached hydrogen (secondary N) is 4. The molecule has 5 aromatic rings. The van der Waals surface area contributed by atoms with Gasteiger partial charge in [0.15, 0.2) is 17.0 Å². The Balaban J connectivity index is 0.000000793. The van der Waals surface area contributed by atoms with Crippen LogP contribution in [0.4, 0.5) is 35.4 Å². The molecule has 7 N–H and O–H groups in total. The van der Waals surface area contributed by atoms with Gasteiger partial charge in [-0.05, 0) is 36.1 Å². The Bertz CT molecular complexity index is 2230. The van der Waals surface area contributed by atoms with Gasteiger partial charge in [-0.2, -0.15) is 23.1 Å². The number of imidazole rings is 1. The van der Waals surface area contributed by atoms with Gasteiger partial charge in [0.05, 0.1) is 18.4 Å². The van der Waals surface area contributed by atoms with E-state index < -0.39 is 42.5 Å². The van der Waals surface area contributed by atoms with Crippen LogP contribution in [0.5, 0.6) is 0 Å². The van der Waals surface area contributed by atoms with Gasteiger partial charge in [-0.25, -0.2) is 19.6 Å². The molecule has 4 heterocycles. The quantitative estimate of drug-likeness (QED) is 0.0834. The van der Waals surface area contributed by atoms with Crippen molar-refractivity contribution in [2.24, 2.45) is 0 Å². The number of fused-ring (bicyclic) bond motifs is 1. The molecule has 1 aliphatic heterocycles. The van der Waals surface area contributed by atoms with Gasteiger partial charge in [0.1, 0.15) is 22.5 Å². The normalized spacial score (nSPS) is 20.1. The highest BCUT2D eigenvalue weighted by molar-refractivity contribution is 6.33. The van der Waals surface area contributed by atoms with E-state index in [2.05, 4.69) is 50.5 Å². The van der Waals surface area contributed by atoms with Crippen LogP contribution in [-0.2, 0) is 9.59 Å². The van der Waals surface area contributed by atoms with Crippen molar-refractivity contribution in [3.63, 3.8) is 0 Å². The third-order valence-electron chi connectivity index (χ3n) is 10.0. The van der Waals surface area contributed by atoms with Crippen LogP contribution >= 0.6 is 23.2 Å². The summed E-state index contributed by atoms with van der Waals surface area (Å²) >= 11 is 12.0. The maximum absolute atomic E-state index is 12.9. The number of rotatable bonds is 11. The van der Waals surface area contributed by atoms with E-state index in [0.29, 0.717) is 54.7 Å². The van der Waals surface area contributed by atoms with Crippen molar-refractivity contribution in [1.29, 1.82) is 0 Å². The lowest BCUT2D eigenvalue weighted by Gasteiger charge is -2.22. The molecule has 7 rings (SSSR count). The second kappa shape index (κ2) is 19.1. The predicted molar refractivity (Wildman–Crippen MR) is 217 cm³/mol. The van der Waals surface area contributed by atoms with E-state index in [4.69, 9.17) is 48.1 Å². The number of pyridine rings is 1. The number of carboxylic acid groups (broad SMARTS) is 1. The molecule has 3 aromatic heterocycles. The number of benzene rings is 2. The minimum atomic E-state index is -5.08. The van der Waals surface area contributed by atoms with Crippen molar-refractivity contribution in [1.82, 2.24) is 35.1 Å². The van der Waals surface area contributed by atoms with Crippen molar-refractivity contribution in [3.05, 3.63) is 101 Å². The first-order valence-electron chi connectivity index (χ1n) is 18.8. The second-order valence-electron chi connectivity index (χ2n) is 14.1. The number of urea groups is 1. The van der Waals surface area contributed by atoms with Gasteiger partial charge >= 0.3 is 18.2 Å². The number of carboxylic acids is 1. The van der Waals surface area contributed by atoms with E-state index in [1.54, 1.807) is 17.8 Å². The molecule has 60 heavy (non-hydrogen) atoms. The van der Waals surface area contributed by atoms with Crippen LogP contribution in [0.1, 0.15) is 49.3 Å². The number of alkyl halides is 3. The highest BCUT2D eigenvalue weighted by atomic mass is 35.5. The summed E-state index contributed by atoms with van der Waals surface area (Å²) in [6, 6.07) is 21.6. The molecule has 5 atom stereocenters. The number of nitrogens with zero attached hydrogens (tertiary/aromatic N) is 6. The van der Waals surface area contributed by atoms with Crippen LogP contribution in [0.3, 0.4) is 0 Å². The number of aliphatic hydroxyl groups is 2. The summed E-state index contributed by atoms with van der Waals surface area (Å²) in [5.74, 6) is -2.05. The fourth-order valence-corrected chi connectivity index (χ4v) is 7.56. The van der Waals surface area contributed by atoms with Crippen molar-refractivity contribution in [2.75, 3.05) is 35.2 Å². The van der Waals surface area contributed by atoms with E-state index in [0.717, 1.165) is 11.1 Å². The zero-order valence-corrected chi connectivity index (χ0v) is 33.4. The largest absolute Gasteiger partial charge is 0.490 e. The first kappa shape index (κ1) is 43.8. The number of amides is 3. The van der Waals surface area contributed by atoms with Gasteiger partial charge in [-0.3, -0.25) is 4.79 Å². The molecular weight excluding hydrogens is 832 g/mol. The van der Waals surface area contributed by atoms with Gasteiger partial charge < -0.3 is 46.1 Å². The van der Waals surface area contributed by atoms with E-state index in [9.17, 15) is 33.0 Å². The van der Waals surface area contributed by atoms with Crippen LogP contribution in [0.15, 0.2) is 79.1 Å². The van der Waals surface area contributed by atoms with Crippen LogP contribution < -0.4 is 26.2 Å². The maximum Gasteiger partial charge on any atom is 0.490 e. The van der Waals surface area contributed by atoms with Gasteiger partial charge in [-0.1, -0.05) is 90.8 Å². The number of aliphatic carboxylic acids is 1. The lowest BCUT2D eigenvalue weighted by atomic mass is 9.91. The predicted octanol–water partition coefficient (Wildman–Crippen LogP) is 5.37. The van der Waals surface area contributed by atoms with Gasteiger partial charge in [0.2, 0.25) is 11.9 Å². The molecule has 1 saturated heterocycles. The molecule has 0 spiro atoms. The second-order valence-corrected chi connectivity index (χ2v) is 14.9. The molecular formula is C39H41Cl2F3N10O6. The van der Waals surface area contributed by atoms with Crippen molar-refractivity contribution in [2.45, 2.75) is 68.6 Å². The van der Waals surface area contributed by atoms with Gasteiger partial charge in [0, 0.05) is 43.7 Å². The van der Waals surface area contributed by atoms with Crippen molar-refractivity contribution >= 4 is 69.7 Å². The Morgan fingerprint density at radius 1 is 0.917 bits per heavy atom. The van der Waals surface area contributed by atoms with Crippen LogP contribution in [0, 0.1) is 0 Å². The molecule has 16 nitrogen and oxygen atoms in total. The molecule has 0 unspecified atom stereocenters. The zero-order valence-electron chi connectivity index (χ0n) is 31.9. The Hall–Kier alpha value is -5.76. The number of hydrogen-bond acceptors (Lipinski definition) is 11. The molecule has 318 valence electrons. The fraction of sp³-hybridized carbons (Fsp3) is 0.359. The van der Waals surface area contributed by atoms with E-state index in [1.165, 1.54) is 12.1 Å². The summed E-state index contributed by atoms with van der Waals surface area (Å²) < 4.78 is 33.5. The molecule has 3 amide bonds. The number of anilines is 3. The number of aromatic nitrogens is 5. The highest BCUT2D eigenvalue weighted by Crippen LogP contribution is 2.36. The zero-order chi connectivity index (χ0) is 43.1. The average molecular weight is 874 g/mol. The molecule has 2 aliphatic rings. The number of hydrogen-bond donors (Lipinski definition) is 7. The Labute approximate surface area is 351 Å². The number of aliphatic hydroxyl groups excluding tert-OH is 2. The van der Waals surface area contributed by atoms with Crippen molar-refractivity contribution in [3.8, 4) is 0 Å². The van der Waals surface area contributed by atoms with Crippen LogP contribution in [0.2, 0.25) is 10.3 Å². The molecule has 21 heteroatoms. The van der Waals surface area contributed by atoms with E-state index >= 15 is 0 Å². The molecule has 1 saturated carbocycles. The highest BCUT2D eigenvalue weighted by Gasteiger charge is 2.44. The standard InChI is InChI=1S/C37H40Cl2N10O4.C2HF3O2/c1-2-30(50)44-26-17-27(33(52)32(26)51)49-20-41-31-34(40-18-25(21-9-5-3-6-10-21)22-11-7-4-8-12-22)46-36(47-35(31)49)48-14-13-23(19-48)42-37(53)43-24-15-28(38)45-29(39)16-24;3-2(4,5)1(6)7/h3-12,15-16,20,23,25-27,32-33,51-52H,2,13-14,17-19H2,1H3,(H,44,50)(H,40,46,47)(H2,42,43,45,53);(H,6,7)/t23-,26+,27-,32-,33+;/m1./s1. The monoisotopic (exact) mass is 872 g/mol. The molecule has 1 aliphatic carbocycles. The SMILES string of the molecule is CCC(=O)N[C@H]1C[C@@H](n2cnc3c(NCC(c4ccccc4)c4ccccc4)nc(N4CC[C@@H](NC(=O)Nc5cc(Cl)nc(Cl)c5)C4)nc32)[C@H](O)[C@@H]1O.O=C(O)C(F)(F)F. The summed E-state index contributed by atoms with van der Waals surface area (Å²) in [6.45, 7) is 3.22. The topological polar surface area (TPSA) is 220 Å². The van der Waals surface area contributed by atoms with Crippen molar-refractivity contribution < 1.29 is 42.9 Å². The maximum atomic E-state index is 12.9. The van der Waals surface area contributed by atoms with Crippen LogP contribution in [0.25, 0.3) is 11.2 Å². The fourth-order valence-electron chi connectivity index (χ4n) is 7.10. The lowest BCUT2D eigenvalue weighted by Crippen LogP contribution is -2.42. The third-order valence-corrected chi connectivity index (χ3v) is 10.4. The third kappa shape index (κ3) is 10.7. The molecule has 0 bridgehead atoms. The summed E-state index contributed by atoms with van der Waals surface area (Å²) in [4.78, 5) is 54.5. The Morgan fingerprint density at radius 2 is 1.53 bits per heavy atom. The summed E-state index contributed by atoms with van der Waals surface area (Å²) in [7, 11) is 0. The van der Waals surface area contributed by atoms with E-state index in [-0.39, 0.29) is 41.0 Å². The smallest absolute Gasteiger partial charge is 0.475 e. The summed E-state index contributed by atoms with van der Waals surface area (Å²) in [5, 5.41) is 41.7. The van der Waals surface area contributed by atoms with Gasteiger partial charge in [-0.15, -0.1) is 0 Å². The minimum absolute atomic E-state index is 0.00766. The molecule has 2 aromatic carbocycles. The average Bonchev–Trinajstić information content (AvgIpc) is 3.93. The lowest BCUT2D eigenvalue weighted by molar-refractivity contribution is -0.192. The van der Waals surface area contributed by atoms with Gasteiger partial charge in [0.25, 0.3) is 0 Å². The number of carbonyl (C=O) groups excluding carboxylic acids is 2. The Morgan fingerprint density at radius 3 is 2.12 bits per heavy atom. The first-order valence-corrected chi connectivity index (χ1v) is 19.6. The molecule has 0 radical (unpaired) electrons. The number of carbonyl (C=O) groups is 3. The molecule has 2 fully saturated rings. The minimum Gasteiger partial charge on any atom is -0.475 e. The van der Waals surface area contributed by atoms with Crippen LogP contribution in [-0.4, -0.2) is 108 Å². The first-order chi connectivity index (χ1) is 28.6. The van der Waals surface area contributed by atoms with E-state index in [1.807, 2.05) is 41.3 Å². The number of halogens is 5.